The summed E-state index contributed by atoms with van der Waals surface area (Å²) in [5.74, 6) is -5.23. The van der Waals surface area contributed by atoms with Crippen molar-refractivity contribution in [1.29, 1.82) is 5.41 Å². The molecule has 0 radical (unpaired) electrons. The Morgan fingerprint density at radius 1 is 1.17 bits per heavy atom. The van der Waals surface area contributed by atoms with Gasteiger partial charge in [-0.3, -0.25) is 27.8 Å². The van der Waals surface area contributed by atoms with Crippen LogP contribution < -0.4 is 16.1 Å². The highest BCUT2D eigenvalue weighted by molar-refractivity contribution is 7.98. The zero-order valence-corrected chi connectivity index (χ0v) is 23.6. The van der Waals surface area contributed by atoms with Gasteiger partial charge < -0.3 is 15.2 Å². The second-order valence-electron chi connectivity index (χ2n) is 8.12. The van der Waals surface area contributed by atoms with E-state index < -0.39 is 83.3 Å². The van der Waals surface area contributed by atoms with E-state index in [4.69, 9.17) is 15.2 Å². The van der Waals surface area contributed by atoms with Crippen LogP contribution in [0.2, 0.25) is 0 Å². The fourth-order valence-electron chi connectivity index (χ4n) is 3.57. The Kier molecular flexibility index (Phi) is 9.41. The maximum absolute atomic E-state index is 14.7. The highest BCUT2D eigenvalue weighted by Crippen LogP contribution is 2.38. The molecule has 2 heterocycles. The largest absolute Gasteiger partial charge is 0.471 e. The molecule has 3 aromatic rings. The van der Waals surface area contributed by atoms with E-state index in [1.807, 2.05) is 0 Å². The van der Waals surface area contributed by atoms with Crippen molar-refractivity contribution in [2.45, 2.75) is 24.4 Å². The van der Waals surface area contributed by atoms with Crippen LogP contribution >= 0.6 is 30.9 Å². The van der Waals surface area contributed by atoms with Gasteiger partial charge in [0.1, 0.15) is 6.73 Å². The molecule has 0 spiro atoms. The molecule has 222 valence electrons. The van der Waals surface area contributed by atoms with Crippen molar-refractivity contribution in [2.24, 2.45) is 19.1 Å². The Bertz CT molecular complexity index is 1790. The van der Waals surface area contributed by atoms with Gasteiger partial charge in [-0.15, -0.1) is 23.1 Å². The van der Waals surface area contributed by atoms with Crippen molar-refractivity contribution in [3.63, 3.8) is 0 Å². The Balaban J connectivity index is 2.10. The minimum atomic E-state index is -5.21. The molecule has 1 amide bonds. The van der Waals surface area contributed by atoms with Gasteiger partial charge in [-0.05, 0) is 18.4 Å². The highest BCUT2D eigenvalue weighted by Gasteiger charge is 2.36. The summed E-state index contributed by atoms with van der Waals surface area (Å²) in [7, 11) is -2.64. The van der Waals surface area contributed by atoms with Crippen molar-refractivity contribution in [1.82, 2.24) is 13.7 Å². The normalized spacial score (nSPS) is 12.7. The number of thiazole rings is 1. The summed E-state index contributed by atoms with van der Waals surface area (Å²) in [6.07, 6.45) is -4.47. The lowest BCUT2D eigenvalue weighted by atomic mass is 10.1. The molecule has 2 aromatic heterocycles. The number of phosphoric ester groups is 1. The lowest BCUT2D eigenvalue weighted by Gasteiger charge is -2.14. The second kappa shape index (κ2) is 11.9. The molecule has 0 saturated carbocycles. The quantitative estimate of drug-likeness (QED) is 0.111. The van der Waals surface area contributed by atoms with Gasteiger partial charge in [0.15, 0.2) is 16.4 Å². The number of hydrogen-bond acceptors (Lipinski definition) is 8. The zero-order chi connectivity index (χ0) is 31.0. The number of nitrogens with one attached hydrogen (secondary N) is 1. The number of thioether (sulfide) groups is 1. The fourth-order valence-corrected chi connectivity index (χ4v) is 5.50. The number of hydrogen-bond donors (Lipinski definition) is 3. The van der Waals surface area contributed by atoms with Crippen LogP contribution in [0.3, 0.4) is 0 Å². The van der Waals surface area contributed by atoms with Gasteiger partial charge in [0.25, 0.3) is 11.5 Å². The third kappa shape index (κ3) is 6.82. The number of phosphoric acid groups is 1. The first kappa shape index (κ1) is 32.3. The van der Waals surface area contributed by atoms with Crippen LogP contribution in [0.1, 0.15) is 17.5 Å². The lowest BCUT2D eigenvalue weighted by molar-refractivity contribution is -0.140. The van der Waals surface area contributed by atoms with Gasteiger partial charge in [-0.1, -0.05) is 0 Å². The molecule has 0 fully saturated rings. The number of rotatable bonds is 8. The smallest absolute Gasteiger partial charge is 0.304 e. The van der Waals surface area contributed by atoms with Gasteiger partial charge in [0, 0.05) is 25.0 Å². The number of carbonyl (C=O) groups is 1. The fraction of sp³-hybridized carbons (Fsp3) is 0.286. The SMILES string of the molecule is CSc1c(C(=N)CC(=O)N=c2scc(-c3ccc(C(F)(F)F)c(F)c3F)n2COP(=O)(O)O)c(=O)n(C)c(=O)n1C. The molecule has 41 heavy (non-hydrogen) atoms. The number of aromatic nitrogens is 3. The van der Waals surface area contributed by atoms with Gasteiger partial charge in [-0.2, -0.15) is 18.2 Å². The third-order valence-corrected chi connectivity index (χ3v) is 7.65. The van der Waals surface area contributed by atoms with Crippen molar-refractivity contribution in [2.75, 3.05) is 6.26 Å². The molecule has 1 aromatic carbocycles. The summed E-state index contributed by atoms with van der Waals surface area (Å²) in [6, 6.07) is 0.845. The number of benzene rings is 1. The van der Waals surface area contributed by atoms with E-state index >= 15 is 0 Å². The average molecular weight is 644 g/mol. The van der Waals surface area contributed by atoms with Crippen molar-refractivity contribution >= 4 is 42.5 Å². The van der Waals surface area contributed by atoms with E-state index in [1.165, 1.54) is 20.4 Å². The average Bonchev–Trinajstić information content (AvgIpc) is 3.25. The van der Waals surface area contributed by atoms with Gasteiger partial charge in [0.2, 0.25) is 0 Å². The Morgan fingerprint density at radius 2 is 1.80 bits per heavy atom. The van der Waals surface area contributed by atoms with Crippen molar-refractivity contribution in [3.05, 3.63) is 65.9 Å². The second-order valence-corrected chi connectivity index (χ2v) is 11.0. The summed E-state index contributed by atoms with van der Waals surface area (Å²) in [5.41, 5.74) is -5.38. The first-order chi connectivity index (χ1) is 18.9. The molecule has 0 aliphatic heterocycles. The van der Waals surface area contributed by atoms with Crippen LogP contribution in [0.5, 0.6) is 0 Å². The highest BCUT2D eigenvalue weighted by atomic mass is 32.2. The third-order valence-electron chi connectivity index (χ3n) is 5.47. The Morgan fingerprint density at radius 3 is 2.37 bits per heavy atom. The topological polar surface area (TPSA) is 169 Å². The van der Waals surface area contributed by atoms with Gasteiger partial charge >= 0.3 is 19.7 Å². The first-order valence-electron chi connectivity index (χ1n) is 10.8. The Labute approximate surface area is 234 Å². The molecule has 20 heteroatoms. The summed E-state index contributed by atoms with van der Waals surface area (Å²) in [4.78, 5) is 59.1. The molecule has 12 nitrogen and oxygen atoms in total. The minimum absolute atomic E-state index is 0.0965. The monoisotopic (exact) mass is 643 g/mol. The maximum atomic E-state index is 14.7. The summed E-state index contributed by atoms with van der Waals surface area (Å²) >= 11 is 1.53. The van der Waals surface area contributed by atoms with Crippen molar-refractivity contribution < 1.29 is 45.6 Å². The van der Waals surface area contributed by atoms with Crippen LogP contribution in [0.15, 0.2) is 37.1 Å². The molecule has 0 unspecified atom stereocenters. The molecule has 0 aliphatic carbocycles. The number of amides is 1. The van der Waals surface area contributed by atoms with E-state index in [0.717, 1.165) is 26.3 Å². The summed E-state index contributed by atoms with van der Waals surface area (Å²) in [5, 5.41) is 9.44. The summed E-state index contributed by atoms with van der Waals surface area (Å²) in [6.45, 7) is -1.09. The van der Waals surface area contributed by atoms with Crippen LogP contribution in [-0.4, -0.2) is 41.4 Å². The van der Waals surface area contributed by atoms with Gasteiger partial charge in [-0.25, -0.2) is 18.1 Å². The summed E-state index contributed by atoms with van der Waals surface area (Å²) < 4.78 is 86.1. The molecular weight excluding hydrogens is 624 g/mol. The molecule has 0 saturated heterocycles. The van der Waals surface area contributed by atoms with Gasteiger partial charge in [0.05, 0.1) is 34.0 Å². The number of nitrogens with zero attached hydrogens (tertiary/aromatic N) is 4. The van der Waals surface area contributed by atoms with E-state index in [-0.39, 0.29) is 16.7 Å². The number of carbonyl (C=O) groups excluding carboxylic acids is 1. The predicted molar refractivity (Wildman–Crippen MR) is 137 cm³/mol. The van der Waals surface area contributed by atoms with Crippen LogP contribution in [-0.2, 0) is 40.9 Å². The van der Waals surface area contributed by atoms with E-state index in [2.05, 4.69) is 9.52 Å². The number of halogens is 5. The molecule has 0 bridgehead atoms. The molecule has 0 aliphatic rings. The van der Waals surface area contributed by atoms with Crippen molar-refractivity contribution in [3.8, 4) is 11.3 Å². The van der Waals surface area contributed by atoms with Crippen LogP contribution in [0, 0.1) is 17.0 Å². The molecule has 0 atom stereocenters. The molecule has 3 N–H and O–H groups in total. The Hall–Kier alpha value is -3.22. The first-order valence-corrected chi connectivity index (χ1v) is 14.5. The van der Waals surface area contributed by atoms with E-state index in [0.29, 0.717) is 22.0 Å². The number of alkyl halides is 3. The van der Waals surface area contributed by atoms with E-state index in [1.54, 1.807) is 0 Å². The standard InChI is InChI=1S/C21H19F5N5O7PS2/c1-29-17(33)14(18(40-3)30(2)20(29)34)11(27)6-13(32)28-19-31(8-38-39(35,36)37)12(7-41-19)9-4-5-10(21(24,25)26)16(23)15(9)22/h4-5,7,27H,6,8H2,1-3H3,(H2,35,36,37). The van der Waals surface area contributed by atoms with Crippen LogP contribution in [0.4, 0.5) is 22.0 Å². The predicted octanol–water partition coefficient (Wildman–Crippen LogP) is 2.59. The van der Waals surface area contributed by atoms with Crippen LogP contribution in [0.25, 0.3) is 11.3 Å². The van der Waals surface area contributed by atoms with E-state index in [9.17, 15) is 40.9 Å². The maximum Gasteiger partial charge on any atom is 0.471 e. The molecular formula is C21H19F5N5O7PS2. The minimum Gasteiger partial charge on any atom is -0.304 e. The molecule has 3 rings (SSSR count). The zero-order valence-electron chi connectivity index (χ0n) is 21.0. The lowest BCUT2D eigenvalue weighted by Crippen LogP contribution is -2.41.